The summed E-state index contributed by atoms with van der Waals surface area (Å²) in [5, 5.41) is 0. The van der Waals surface area contributed by atoms with E-state index in [0.29, 0.717) is 17.4 Å². The van der Waals surface area contributed by atoms with Crippen molar-refractivity contribution in [3.63, 3.8) is 0 Å². The van der Waals surface area contributed by atoms with Crippen LogP contribution in [0.4, 0.5) is 5.82 Å². The molecule has 2 rings (SSSR count). The first-order valence-corrected chi connectivity index (χ1v) is 6.90. The molecule has 0 saturated heterocycles. The Morgan fingerprint density at radius 2 is 2.16 bits per heavy atom. The fourth-order valence-electron chi connectivity index (χ4n) is 2.67. The summed E-state index contributed by atoms with van der Waals surface area (Å²) < 4.78 is 0. The van der Waals surface area contributed by atoms with Crippen molar-refractivity contribution in [1.29, 1.82) is 0 Å². The molecule has 19 heavy (non-hydrogen) atoms. The van der Waals surface area contributed by atoms with Crippen LogP contribution < -0.4 is 11.3 Å². The van der Waals surface area contributed by atoms with Crippen molar-refractivity contribution in [2.24, 2.45) is 11.8 Å². The summed E-state index contributed by atoms with van der Waals surface area (Å²) in [6.45, 7) is 0.820. The maximum atomic E-state index is 12.3. The van der Waals surface area contributed by atoms with Gasteiger partial charge in [0.1, 0.15) is 11.5 Å². The molecular weight excluding hydrogens is 240 g/mol. The molecule has 0 aliphatic heterocycles. The Labute approximate surface area is 114 Å². The van der Waals surface area contributed by atoms with Gasteiger partial charge in [0.25, 0.3) is 5.91 Å². The first-order chi connectivity index (χ1) is 9.20. The number of anilines is 1. The van der Waals surface area contributed by atoms with Gasteiger partial charge in [-0.15, -0.1) is 0 Å². The van der Waals surface area contributed by atoms with E-state index in [2.05, 4.69) is 10.4 Å². The summed E-state index contributed by atoms with van der Waals surface area (Å²) in [4.78, 5) is 18.2. The summed E-state index contributed by atoms with van der Waals surface area (Å²) >= 11 is 0. The second-order valence-corrected chi connectivity index (χ2v) is 5.24. The minimum Gasteiger partial charge on any atom is -0.340 e. The molecule has 1 aromatic heterocycles. The standard InChI is InChI=1S/C14H22N4O/c1-18(10-11-6-3-2-4-7-11)14(19)12-8-5-9-13(16-12)17-15/h5,8-9,11H,2-4,6-7,10,15H2,1H3,(H,16,17). The average molecular weight is 262 g/mol. The van der Waals surface area contributed by atoms with Gasteiger partial charge in [-0.3, -0.25) is 4.79 Å². The van der Waals surface area contributed by atoms with E-state index >= 15 is 0 Å². The van der Waals surface area contributed by atoms with Crippen LogP contribution in [0.5, 0.6) is 0 Å². The third-order valence-corrected chi connectivity index (χ3v) is 3.72. The van der Waals surface area contributed by atoms with E-state index in [1.54, 1.807) is 23.1 Å². The van der Waals surface area contributed by atoms with Crippen LogP contribution in [0.3, 0.4) is 0 Å². The lowest BCUT2D eigenvalue weighted by atomic mass is 9.89. The molecule has 0 aromatic carbocycles. The molecule has 1 fully saturated rings. The Morgan fingerprint density at radius 1 is 1.42 bits per heavy atom. The second kappa shape index (κ2) is 6.52. The Kier molecular flexibility index (Phi) is 4.74. The number of rotatable bonds is 4. The van der Waals surface area contributed by atoms with Crippen LogP contribution in [-0.2, 0) is 0 Å². The lowest BCUT2D eigenvalue weighted by molar-refractivity contribution is 0.0755. The maximum absolute atomic E-state index is 12.3. The second-order valence-electron chi connectivity index (χ2n) is 5.24. The van der Waals surface area contributed by atoms with Crippen LogP contribution in [0.2, 0.25) is 0 Å². The number of hydrogen-bond acceptors (Lipinski definition) is 4. The molecular formula is C14H22N4O. The van der Waals surface area contributed by atoms with Gasteiger partial charge in [-0.25, -0.2) is 10.8 Å². The molecule has 3 N–H and O–H groups in total. The Balaban J connectivity index is 1.97. The molecule has 1 aliphatic rings. The third-order valence-electron chi connectivity index (χ3n) is 3.72. The fourth-order valence-corrected chi connectivity index (χ4v) is 2.67. The molecule has 1 aliphatic carbocycles. The van der Waals surface area contributed by atoms with Gasteiger partial charge in [-0.05, 0) is 30.9 Å². The Morgan fingerprint density at radius 3 is 2.84 bits per heavy atom. The topological polar surface area (TPSA) is 71.2 Å². The van der Waals surface area contributed by atoms with Gasteiger partial charge in [-0.2, -0.15) is 0 Å². The third kappa shape index (κ3) is 3.67. The number of pyridine rings is 1. The van der Waals surface area contributed by atoms with Crippen molar-refractivity contribution in [1.82, 2.24) is 9.88 Å². The van der Waals surface area contributed by atoms with E-state index in [-0.39, 0.29) is 5.91 Å². The molecule has 1 heterocycles. The van der Waals surface area contributed by atoms with E-state index < -0.39 is 0 Å². The highest BCUT2D eigenvalue weighted by atomic mass is 16.2. The van der Waals surface area contributed by atoms with Gasteiger partial charge in [0.05, 0.1) is 0 Å². The zero-order valence-corrected chi connectivity index (χ0v) is 11.4. The van der Waals surface area contributed by atoms with E-state index in [4.69, 9.17) is 5.84 Å². The molecule has 0 bridgehead atoms. The van der Waals surface area contributed by atoms with Crippen molar-refractivity contribution in [2.45, 2.75) is 32.1 Å². The minimum atomic E-state index is -0.0392. The number of nitrogens with two attached hydrogens (primary N) is 1. The predicted octanol–water partition coefficient (Wildman–Crippen LogP) is 2.02. The highest BCUT2D eigenvalue weighted by Gasteiger charge is 2.19. The van der Waals surface area contributed by atoms with Gasteiger partial charge < -0.3 is 10.3 Å². The number of carbonyl (C=O) groups is 1. The molecule has 1 aromatic rings. The molecule has 104 valence electrons. The van der Waals surface area contributed by atoms with Crippen molar-refractivity contribution in [3.8, 4) is 0 Å². The molecule has 0 spiro atoms. The number of carbonyl (C=O) groups excluding carboxylic acids is 1. The SMILES string of the molecule is CN(CC1CCCCC1)C(=O)c1cccc(NN)n1. The number of hydrazine groups is 1. The number of amides is 1. The van der Waals surface area contributed by atoms with Gasteiger partial charge >= 0.3 is 0 Å². The van der Waals surface area contributed by atoms with Crippen molar-refractivity contribution in [3.05, 3.63) is 23.9 Å². The van der Waals surface area contributed by atoms with E-state index in [9.17, 15) is 4.79 Å². The molecule has 5 nitrogen and oxygen atoms in total. The fraction of sp³-hybridized carbons (Fsp3) is 0.571. The van der Waals surface area contributed by atoms with E-state index in [1.165, 1.54) is 32.1 Å². The van der Waals surface area contributed by atoms with Crippen LogP contribution >= 0.6 is 0 Å². The Hall–Kier alpha value is -1.62. The summed E-state index contributed by atoms with van der Waals surface area (Å²) in [5.41, 5.74) is 2.90. The van der Waals surface area contributed by atoms with Crippen LogP contribution in [0.15, 0.2) is 18.2 Å². The van der Waals surface area contributed by atoms with Crippen LogP contribution in [0, 0.1) is 5.92 Å². The highest BCUT2D eigenvalue weighted by Crippen LogP contribution is 2.24. The average Bonchev–Trinajstić information content (AvgIpc) is 2.47. The number of hydrogen-bond donors (Lipinski definition) is 2. The summed E-state index contributed by atoms with van der Waals surface area (Å²) in [6.07, 6.45) is 6.37. The molecule has 1 saturated carbocycles. The van der Waals surface area contributed by atoms with Crippen molar-refractivity contribution in [2.75, 3.05) is 19.0 Å². The maximum Gasteiger partial charge on any atom is 0.272 e. The van der Waals surface area contributed by atoms with Gasteiger partial charge in [-0.1, -0.05) is 25.3 Å². The van der Waals surface area contributed by atoms with Gasteiger partial charge in [0.2, 0.25) is 0 Å². The Bertz CT molecular complexity index is 429. The van der Waals surface area contributed by atoms with Crippen molar-refractivity contribution >= 4 is 11.7 Å². The van der Waals surface area contributed by atoms with Gasteiger partial charge in [0.15, 0.2) is 0 Å². The predicted molar refractivity (Wildman–Crippen MR) is 75.6 cm³/mol. The normalized spacial score (nSPS) is 16.1. The monoisotopic (exact) mass is 262 g/mol. The molecule has 0 unspecified atom stereocenters. The molecule has 0 radical (unpaired) electrons. The zero-order valence-electron chi connectivity index (χ0n) is 11.4. The van der Waals surface area contributed by atoms with Crippen molar-refractivity contribution < 1.29 is 4.79 Å². The number of aromatic nitrogens is 1. The first kappa shape index (κ1) is 13.8. The van der Waals surface area contributed by atoms with E-state index in [1.807, 2.05) is 7.05 Å². The zero-order chi connectivity index (χ0) is 13.7. The lowest BCUT2D eigenvalue weighted by Gasteiger charge is -2.26. The minimum absolute atomic E-state index is 0.0392. The van der Waals surface area contributed by atoms with Crippen LogP contribution in [0.1, 0.15) is 42.6 Å². The number of nitrogen functional groups attached to an aromatic ring is 1. The van der Waals surface area contributed by atoms with Crippen LogP contribution in [0.25, 0.3) is 0 Å². The summed E-state index contributed by atoms with van der Waals surface area (Å²) in [5.74, 6) is 6.42. The van der Waals surface area contributed by atoms with E-state index in [0.717, 1.165) is 6.54 Å². The largest absolute Gasteiger partial charge is 0.340 e. The number of nitrogens with one attached hydrogen (secondary N) is 1. The quantitative estimate of drug-likeness (QED) is 0.643. The number of nitrogens with zero attached hydrogens (tertiary/aromatic N) is 2. The van der Waals surface area contributed by atoms with Crippen LogP contribution in [-0.4, -0.2) is 29.4 Å². The lowest BCUT2D eigenvalue weighted by Crippen LogP contribution is -2.33. The highest BCUT2D eigenvalue weighted by molar-refractivity contribution is 5.92. The first-order valence-electron chi connectivity index (χ1n) is 6.90. The molecule has 5 heteroatoms. The van der Waals surface area contributed by atoms with Gasteiger partial charge in [0, 0.05) is 13.6 Å². The molecule has 1 amide bonds. The summed E-state index contributed by atoms with van der Waals surface area (Å²) in [7, 11) is 1.85. The smallest absolute Gasteiger partial charge is 0.272 e. The summed E-state index contributed by atoms with van der Waals surface area (Å²) in [6, 6.07) is 5.24. The molecule has 0 atom stereocenters.